The average molecular weight is 373 g/mol. The van der Waals surface area contributed by atoms with E-state index < -0.39 is 11.2 Å². The van der Waals surface area contributed by atoms with Crippen molar-refractivity contribution >= 4 is 34.7 Å². The first-order chi connectivity index (χ1) is 12.3. The van der Waals surface area contributed by atoms with E-state index in [1.165, 1.54) is 5.56 Å². The number of benzene rings is 1. The van der Waals surface area contributed by atoms with Crippen LogP contribution in [0, 0.1) is 0 Å². The molecule has 0 amide bonds. The maximum absolute atomic E-state index is 12.3. The number of fused-ring (bicyclic) bond motifs is 1. The fourth-order valence-electron chi connectivity index (χ4n) is 3.51. The topological polar surface area (TPSA) is 64.1 Å². The highest BCUT2D eigenvalue weighted by Crippen LogP contribution is 2.36. The van der Waals surface area contributed by atoms with Crippen molar-refractivity contribution in [2.24, 2.45) is 0 Å². The number of hydrogen-bond acceptors (Lipinski definition) is 6. The maximum Gasteiger partial charge on any atom is 0.227 e. The summed E-state index contributed by atoms with van der Waals surface area (Å²) >= 11 is 0.972. The van der Waals surface area contributed by atoms with E-state index in [0.717, 1.165) is 53.4 Å². The van der Waals surface area contributed by atoms with Crippen LogP contribution in [0.15, 0.2) is 35.2 Å². The number of anilines is 2. The van der Waals surface area contributed by atoms with Crippen LogP contribution < -0.4 is 10.2 Å². The zero-order valence-corrected chi connectivity index (χ0v) is 15.5. The summed E-state index contributed by atoms with van der Waals surface area (Å²) in [5.41, 5.74) is 2.35. The third-order valence-electron chi connectivity index (χ3n) is 5.09. The Morgan fingerprint density at radius 1 is 1.16 bits per heavy atom. The van der Waals surface area contributed by atoms with Crippen LogP contribution in [0.1, 0.15) is 17.2 Å². The standard InChI is InChI=1S/C18H20N4OS2/c23-25-7-6-15-16(25)17(19-14-10-24-11-14)21-18(20-15)22-8-13(9-22)12-4-2-1-3-5-12/h1-5,13-14H,6-11H2,(H,19,20,21)/t25-/m1/s1. The molecule has 2 saturated heterocycles. The third-order valence-corrected chi connectivity index (χ3v) is 7.83. The van der Waals surface area contributed by atoms with Gasteiger partial charge in [0.2, 0.25) is 10.8 Å². The smallest absolute Gasteiger partial charge is 0.227 e. The van der Waals surface area contributed by atoms with Crippen LogP contribution in [-0.4, -0.2) is 50.9 Å². The van der Waals surface area contributed by atoms with Gasteiger partial charge in [-0.25, -0.2) is 4.98 Å². The molecule has 0 spiro atoms. The summed E-state index contributed by atoms with van der Waals surface area (Å²) in [7, 11) is 0. The summed E-state index contributed by atoms with van der Waals surface area (Å²) in [5.74, 6) is 5.02. The highest BCUT2D eigenvalue weighted by atomic mass is 32.2. The first-order valence-electron chi connectivity index (χ1n) is 8.71. The van der Waals surface area contributed by atoms with Gasteiger partial charge in [-0.3, -0.25) is 0 Å². The van der Waals surface area contributed by atoms with Gasteiger partial charge in [0.25, 0.3) is 0 Å². The minimum atomic E-state index is -0.959. The fourth-order valence-corrected chi connectivity index (χ4v) is 5.47. The Morgan fingerprint density at radius 2 is 1.96 bits per heavy atom. The molecule has 2 aromatic rings. The van der Waals surface area contributed by atoms with Crippen molar-refractivity contribution in [2.45, 2.75) is 23.3 Å². The minimum Gasteiger partial charge on any atom is -0.611 e. The first-order valence-corrected chi connectivity index (χ1v) is 11.2. The molecule has 0 aliphatic carbocycles. The number of hydrogen-bond donors (Lipinski definition) is 1. The number of thioether (sulfide) groups is 1. The van der Waals surface area contributed by atoms with Gasteiger partial charge in [0, 0.05) is 43.0 Å². The Labute approximate surface area is 154 Å². The van der Waals surface area contributed by atoms with E-state index in [-0.39, 0.29) is 0 Å². The Balaban J connectivity index is 1.38. The maximum atomic E-state index is 12.3. The van der Waals surface area contributed by atoms with E-state index in [1.807, 2.05) is 11.8 Å². The third kappa shape index (κ3) is 2.88. The quantitative estimate of drug-likeness (QED) is 0.831. The molecular formula is C18H20N4OS2. The number of aromatic nitrogens is 2. The molecule has 0 bridgehead atoms. The van der Waals surface area contributed by atoms with Gasteiger partial charge in [-0.15, -0.1) is 0 Å². The van der Waals surface area contributed by atoms with Crippen molar-refractivity contribution in [3.05, 3.63) is 41.6 Å². The number of aryl methyl sites for hydroxylation is 1. The molecule has 3 aliphatic rings. The molecule has 0 radical (unpaired) electrons. The van der Waals surface area contributed by atoms with E-state index in [2.05, 4.69) is 40.5 Å². The molecule has 1 aromatic heterocycles. The SMILES string of the molecule is [O-][S@+]1CCc2nc(N3CC(c4ccccc4)C3)nc(NC3CSC3)c21. The Bertz CT molecular complexity index is 778. The van der Waals surface area contributed by atoms with Crippen molar-refractivity contribution in [2.75, 3.05) is 40.6 Å². The molecule has 25 heavy (non-hydrogen) atoms. The molecule has 1 atom stereocenters. The van der Waals surface area contributed by atoms with Crippen LogP contribution in [0.4, 0.5) is 11.8 Å². The minimum absolute atomic E-state index is 0.447. The molecule has 0 unspecified atom stereocenters. The summed E-state index contributed by atoms with van der Waals surface area (Å²) in [6, 6.07) is 11.1. The van der Waals surface area contributed by atoms with Gasteiger partial charge in [0.1, 0.15) is 11.4 Å². The number of nitrogens with one attached hydrogen (secondary N) is 1. The van der Waals surface area contributed by atoms with Gasteiger partial charge in [-0.2, -0.15) is 16.7 Å². The van der Waals surface area contributed by atoms with Crippen molar-refractivity contribution in [1.82, 2.24) is 9.97 Å². The second-order valence-corrected chi connectivity index (χ2v) is 9.42. The van der Waals surface area contributed by atoms with E-state index in [9.17, 15) is 4.55 Å². The Hall–Kier alpha value is -1.44. The lowest BCUT2D eigenvalue weighted by molar-refractivity contribution is 0.512. The first kappa shape index (κ1) is 15.8. The fraction of sp³-hybridized carbons (Fsp3) is 0.444. The summed E-state index contributed by atoms with van der Waals surface area (Å²) < 4.78 is 12.3. The number of nitrogens with zero attached hydrogens (tertiary/aromatic N) is 3. The van der Waals surface area contributed by atoms with Gasteiger partial charge in [0.05, 0.1) is 0 Å². The van der Waals surface area contributed by atoms with Gasteiger partial charge < -0.3 is 14.8 Å². The zero-order valence-electron chi connectivity index (χ0n) is 13.9. The zero-order chi connectivity index (χ0) is 16.8. The van der Waals surface area contributed by atoms with Crippen LogP contribution in [0.25, 0.3) is 0 Å². The van der Waals surface area contributed by atoms with Crippen LogP contribution in [0.2, 0.25) is 0 Å². The molecular weight excluding hydrogens is 352 g/mol. The summed E-state index contributed by atoms with van der Waals surface area (Å²) in [4.78, 5) is 12.6. The van der Waals surface area contributed by atoms with Gasteiger partial charge in [-0.05, 0) is 16.7 Å². The van der Waals surface area contributed by atoms with E-state index >= 15 is 0 Å². The van der Waals surface area contributed by atoms with Crippen LogP contribution in [-0.2, 0) is 17.6 Å². The molecule has 0 saturated carbocycles. The Kier molecular flexibility index (Phi) is 4.03. The van der Waals surface area contributed by atoms with Gasteiger partial charge in [-0.1, -0.05) is 30.3 Å². The van der Waals surface area contributed by atoms with Crippen molar-refractivity contribution in [3.63, 3.8) is 0 Å². The molecule has 3 aliphatic heterocycles. The lowest BCUT2D eigenvalue weighted by Gasteiger charge is -2.40. The molecule has 1 N–H and O–H groups in total. The highest BCUT2D eigenvalue weighted by Gasteiger charge is 2.36. The van der Waals surface area contributed by atoms with Crippen LogP contribution in [0.3, 0.4) is 0 Å². The normalized spacial score (nSPS) is 23.1. The van der Waals surface area contributed by atoms with Crippen molar-refractivity contribution in [1.29, 1.82) is 0 Å². The largest absolute Gasteiger partial charge is 0.611 e. The summed E-state index contributed by atoms with van der Waals surface area (Å²) in [5, 5.41) is 3.50. The van der Waals surface area contributed by atoms with E-state index in [1.54, 1.807) is 0 Å². The molecule has 4 heterocycles. The average Bonchev–Trinajstić information content (AvgIpc) is 2.92. The predicted octanol–water partition coefficient (Wildman–Crippen LogP) is 2.27. The van der Waals surface area contributed by atoms with Crippen molar-refractivity contribution in [3.8, 4) is 0 Å². The molecule has 5 nitrogen and oxygen atoms in total. The van der Waals surface area contributed by atoms with E-state index in [4.69, 9.17) is 9.97 Å². The highest BCUT2D eigenvalue weighted by molar-refractivity contribution is 8.00. The van der Waals surface area contributed by atoms with Crippen LogP contribution in [0.5, 0.6) is 0 Å². The molecule has 5 rings (SSSR count). The second kappa shape index (κ2) is 6.37. The molecule has 2 fully saturated rings. The van der Waals surface area contributed by atoms with Gasteiger partial charge in [0.15, 0.2) is 5.82 Å². The van der Waals surface area contributed by atoms with Crippen LogP contribution >= 0.6 is 11.8 Å². The Morgan fingerprint density at radius 3 is 2.68 bits per heavy atom. The lowest BCUT2D eigenvalue weighted by Crippen LogP contribution is -2.46. The van der Waals surface area contributed by atoms with Crippen molar-refractivity contribution < 1.29 is 4.55 Å². The molecule has 130 valence electrons. The number of rotatable bonds is 4. The predicted molar refractivity (Wildman–Crippen MR) is 103 cm³/mol. The molecule has 1 aromatic carbocycles. The molecule has 7 heteroatoms. The lowest BCUT2D eigenvalue weighted by atomic mass is 9.92. The monoisotopic (exact) mass is 372 g/mol. The van der Waals surface area contributed by atoms with E-state index in [0.29, 0.717) is 17.7 Å². The summed E-state index contributed by atoms with van der Waals surface area (Å²) in [6.07, 6.45) is 0.793. The second-order valence-electron chi connectivity index (χ2n) is 6.84. The summed E-state index contributed by atoms with van der Waals surface area (Å²) in [6.45, 7) is 1.90. The van der Waals surface area contributed by atoms with Gasteiger partial charge >= 0.3 is 0 Å².